The van der Waals surface area contributed by atoms with E-state index in [1.54, 1.807) is 0 Å². The van der Waals surface area contributed by atoms with Crippen LogP contribution in [0.2, 0.25) is 0 Å². The van der Waals surface area contributed by atoms with Crippen molar-refractivity contribution in [3.05, 3.63) is 35.6 Å². The minimum absolute atomic E-state index is 0.207. The molecule has 0 atom stereocenters. The molecule has 0 fully saturated rings. The normalized spacial score (nSPS) is 9.42. The molecule has 1 aromatic rings. The summed E-state index contributed by atoms with van der Waals surface area (Å²) >= 11 is 0. The average Bonchev–Trinajstić information content (AvgIpc) is 2.05. The van der Waals surface area contributed by atoms with Crippen molar-refractivity contribution in [2.45, 2.75) is 6.42 Å². The highest BCUT2D eigenvalue weighted by molar-refractivity contribution is 6.02. The summed E-state index contributed by atoms with van der Waals surface area (Å²) in [6, 6.07) is 5.22. The van der Waals surface area contributed by atoms with Crippen LogP contribution in [0.5, 0.6) is 0 Å². The summed E-state index contributed by atoms with van der Waals surface area (Å²) in [5.41, 5.74) is 0.207. The second-order valence-corrected chi connectivity index (χ2v) is 2.25. The topological polar surface area (TPSA) is 34.1 Å². The highest BCUT2D eigenvalue weighted by atomic mass is 19.1. The molecule has 12 heavy (non-hydrogen) atoms. The molecular weight excluding hydrogens is 159 g/mol. The lowest BCUT2D eigenvalue weighted by Crippen LogP contribution is -1.99. The van der Waals surface area contributed by atoms with Crippen LogP contribution in [0, 0.1) is 5.82 Å². The van der Waals surface area contributed by atoms with Crippen molar-refractivity contribution in [1.82, 2.24) is 0 Å². The molecule has 0 saturated heterocycles. The molecule has 1 aromatic carbocycles. The van der Waals surface area contributed by atoms with Gasteiger partial charge in [0.25, 0.3) is 0 Å². The van der Waals surface area contributed by atoms with Crippen LogP contribution >= 0.6 is 0 Å². The third kappa shape index (κ3) is 1.99. The van der Waals surface area contributed by atoms with Crippen molar-refractivity contribution < 1.29 is 14.0 Å². The number of carbonyl (C=O) groups is 1. The van der Waals surface area contributed by atoms with Gasteiger partial charge in [0.05, 0.1) is 6.42 Å². The Labute approximate surface area is 69.0 Å². The Bertz CT molecular complexity index is 307. The van der Waals surface area contributed by atoms with E-state index < -0.39 is 11.6 Å². The molecule has 0 aliphatic carbocycles. The summed E-state index contributed by atoms with van der Waals surface area (Å²) < 4.78 is 12.5. The van der Waals surface area contributed by atoms with Gasteiger partial charge in [-0.05, 0) is 12.1 Å². The van der Waals surface area contributed by atoms with Crippen molar-refractivity contribution in [3.63, 3.8) is 0 Å². The van der Waals surface area contributed by atoms with E-state index in [9.17, 15) is 14.0 Å². The lowest BCUT2D eigenvalue weighted by Gasteiger charge is -1.94. The molecule has 0 aromatic heterocycles. The van der Waals surface area contributed by atoms with Crippen molar-refractivity contribution >= 4 is 12.1 Å². The Hall–Kier alpha value is -1.51. The predicted octanol–water partition coefficient (Wildman–Crippen LogP) is 1.51. The summed E-state index contributed by atoms with van der Waals surface area (Å²) in [5, 5.41) is 0. The molecular formula is C9H6FO2. The van der Waals surface area contributed by atoms with Crippen LogP contribution in [-0.2, 0) is 4.79 Å². The first-order valence-corrected chi connectivity index (χ1v) is 3.38. The number of hydrogen-bond donors (Lipinski definition) is 0. The van der Waals surface area contributed by atoms with Gasteiger partial charge in [-0.3, -0.25) is 9.59 Å². The molecule has 1 radical (unpaired) electrons. The molecule has 0 saturated carbocycles. The van der Waals surface area contributed by atoms with Gasteiger partial charge in [-0.25, -0.2) is 4.39 Å². The average molecular weight is 165 g/mol. The number of benzene rings is 1. The van der Waals surface area contributed by atoms with Gasteiger partial charge >= 0.3 is 0 Å². The van der Waals surface area contributed by atoms with E-state index in [4.69, 9.17) is 0 Å². The Morgan fingerprint density at radius 2 is 2.25 bits per heavy atom. The standard InChI is InChI=1S/C9H6FO2/c10-8-3-1-2-7(6-8)9(12)4-5-11/h1-3,6H,4H2. The Balaban J connectivity index is 2.87. The van der Waals surface area contributed by atoms with Crippen LogP contribution in [0.1, 0.15) is 16.8 Å². The molecule has 61 valence electrons. The molecule has 0 aliphatic rings. The first-order valence-electron chi connectivity index (χ1n) is 3.38. The van der Waals surface area contributed by atoms with Crippen LogP contribution in [0.4, 0.5) is 4.39 Å². The molecule has 0 amide bonds. The lowest BCUT2D eigenvalue weighted by atomic mass is 10.1. The van der Waals surface area contributed by atoms with Gasteiger partial charge in [-0.15, -0.1) is 0 Å². The van der Waals surface area contributed by atoms with E-state index >= 15 is 0 Å². The number of rotatable bonds is 3. The minimum atomic E-state index is -0.480. The SMILES string of the molecule is O=[C]CC(=O)c1cccc(F)c1. The zero-order chi connectivity index (χ0) is 8.97. The molecule has 0 heterocycles. The van der Waals surface area contributed by atoms with Crippen LogP contribution < -0.4 is 0 Å². The molecule has 0 N–H and O–H groups in total. The third-order valence-corrected chi connectivity index (χ3v) is 1.38. The summed E-state index contributed by atoms with van der Waals surface area (Å²) in [4.78, 5) is 20.8. The van der Waals surface area contributed by atoms with Gasteiger partial charge in [-0.2, -0.15) is 0 Å². The summed E-state index contributed by atoms with van der Waals surface area (Å²) in [7, 11) is 0. The monoisotopic (exact) mass is 165 g/mol. The number of ketones is 1. The summed E-state index contributed by atoms with van der Waals surface area (Å²) in [6.45, 7) is 0. The van der Waals surface area contributed by atoms with Crippen LogP contribution in [0.15, 0.2) is 24.3 Å². The Kier molecular flexibility index (Phi) is 2.69. The zero-order valence-electron chi connectivity index (χ0n) is 6.21. The molecule has 0 unspecified atom stereocenters. The van der Waals surface area contributed by atoms with Crippen molar-refractivity contribution in [3.8, 4) is 0 Å². The van der Waals surface area contributed by atoms with E-state index in [2.05, 4.69) is 0 Å². The van der Waals surface area contributed by atoms with E-state index in [-0.39, 0.29) is 12.0 Å². The van der Waals surface area contributed by atoms with E-state index in [0.717, 1.165) is 6.07 Å². The lowest BCUT2D eigenvalue weighted by molar-refractivity contribution is 0.0999. The maximum Gasteiger partial charge on any atom is 0.206 e. The van der Waals surface area contributed by atoms with Crippen LogP contribution in [-0.4, -0.2) is 12.1 Å². The summed E-state index contributed by atoms with van der Waals surface area (Å²) in [6.07, 6.45) is 1.15. The maximum atomic E-state index is 12.5. The first-order chi connectivity index (χ1) is 5.74. The molecule has 2 nitrogen and oxygen atoms in total. The fraction of sp³-hybridized carbons (Fsp3) is 0.111. The van der Waals surface area contributed by atoms with Gasteiger partial charge in [0.15, 0.2) is 5.78 Å². The minimum Gasteiger partial charge on any atom is -0.294 e. The predicted molar refractivity (Wildman–Crippen MR) is 41.0 cm³/mol. The second kappa shape index (κ2) is 3.76. The van der Waals surface area contributed by atoms with Crippen molar-refractivity contribution in [1.29, 1.82) is 0 Å². The van der Waals surface area contributed by atoms with Gasteiger partial charge in [0, 0.05) is 5.56 Å². The molecule has 3 heteroatoms. The van der Waals surface area contributed by atoms with E-state index in [0.29, 0.717) is 0 Å². The van der Waals surface area contributed by atoms with Gasteiger partial charge in [0.1, 0.15) is 5.82 Å². The quantitative estimate of drug-likeness (QED) is 0.502. The third-order valence-electron chi connectivity index (χ3n) is 1.38. The van der Waals surface area contributed by atoms with E-state index in [1.165, 1.54) is 24.5 Å². The second-order valence-electron chi connectivity index (χ2n) is 2.25. The van der Waals surface area contributed by atoms with E-state index in [1.807, 2.05) is 0 Å². The highest BCUT2D eigenvalue weighted by Gasteiger charge is 2.05. The van der Waals surface area contributed by atoms with Gasteiger partial charge in [-0.1, -0.05) is 12.1 Å². The van der Waals surface area contributed by atoms with Crippen LogP contribution in [0.25, 0.3) is 0 Å². The number of halogens is 1. The summed E-state index contributed by atoms with van der Waals surface area (Å²) in [5.74, 6) is -0.892. The molecule has 0 spiro atoms. The zero-order valence-corrected chi connectivity index (χ0v) is 6.21. The molecule has 0 bridgehead atoms. The fourth-order valence-corrected chi connectivity index (χ4v) is 0.830. The number of carbonyl (C=O) groups excluding carboxylic acids is 2. The molecule has 1 rings (SSSR count). The first kappa shape index (κ1) is 8.59. The Morgan fingerprint density at radius 3 is 2.83 bits per heavy atom. The maximum absolute atomic E-state index is 12.5. The Morgan fingerprint density at radius 1 is 1.50 bits per heavy atom. The fourth-order valence-electron chi connectivity index (χ4n) is 0.830. The largest absolute Gasteiger partial charge is 0.294 e. The number of Topliss-reactive ketones (excluding diaryl/α,β-unsaturated/α-hetero) is 1. The van der Waals surface area contributed by atoms with Crippen molar-refractivity contribution in [2.75, 3.05) is 0 Å². The van der Waals surface area contributed by atoms with Crippen LogP contribution in [0.3, 0.4) is 0 Å². The molecule has 0 aliphatic heterocycles. The van der Waals surface area contributed by atoms with Gasteiger partial charge in [0.2, 0.25) is 6.29 Å². The van der Waals surface area contributed by atoms with Crippen molar-refractivity contribution in [2.24, 2.45) is 0 Å². The highest BCUT2D eigenvalue weighted by Crippen LogP contribution is 2.05. The smallest absolute Gasteiger partial charge is 0.206 e. The van der Waals surface area contributed by atoms with Gasteiger partial charge < -0.3 is 0 Å². The number of hydrogen-bond acceptors (Lipinski definition) is 2.